The molecular weight excluding hydrogens is 312 g/mol. The molecule has 0 unspecified atom stereocenters. The van der Waals surface area contributed by atoms with Crippen molar-refractivity contribution in [1.82, 2.24) is 0 Å². The predicted molar refractivity (Wildman–Crippen MR) is 84.2 cm³/mol. The van der Waals surface area contributed by atoms with Gasteiger partial charge in [0.15, 0.2) is 11.5 Å². The maximum atomic E-state index is 12.5. The minimum absolute atomic E-state index is 0.107. The Labute approximate surface area is 138 Å². The first kappa shape index (κ1) is 17.1. The highest BCUT2D eigenvalue weighted by atomic mass is 16.6. The minimum atomic E-state index is -0.869. The van der Waals surface area contributed by atoms with Crippen molar-refractivity contribution in [3.8, 4) is 11.5 Å². The van der Waals surface area contributed by atoms with Crippen LogP contribution in [0.4, 0.5) is 0 Å². The van der Waals surface area contributed by atoms with Gasteiger partial charge in [0.05, 0.1) is 5.56 Å². The average molecular weight is 326 g/mol. The van der Waals surface area contributed by atoms with E-state index in [0.29, 0.717) is 0 Å². The van der Waals surface area contributed by atoms with E-state index in [4.69, 9.17) is 9.47 Å². The third kappa shape index (κ3) is 3.92. The van der Waals surface area contributed by atoms with Crippen molar-refractivity contribution in [3.63, 3.8) is 0 Å². The van der Waals surface area contributed by atoms with Crippen molar-refractivity contribution in [2.75, 3.05) is 0 Å². The summed E-state index contributed by atoms with van der Waals surface area (Å²) in [5, 5.41) is 0. The van der Waals surface area contributed by atoms with Crippen LogP contribution in [0.5, 0.6) is 11.5 Å². The van der Waals surface area contributed by atoms with Gasteiger partial charge in [-0.1, -0.05) is 36.4 Å². The molecule has 0 fully saturated rings. The van der Waals surface area contributed by atoms with Gasteiger partial charge in [-0.05, 0) is 12.1 Å². The molecule has 0 aliphatic rings. The highest BCUT2D eigenvalue weighted by molar-refractivity contribution is 6.49. The van der Waals surface area contributed by atoms with E-state index in [2.05, 4.69) is 0 Å². The van der Waals surface area contributed by atoms with Crippen LogP contribution >= 0.6 is 0 Å². The van der Waals surface area contributed by atoms with Crippen LogP contribution in [0.15, 0.2) is 48.5 Å². The minimum Gasteiger partial charge on any atom is -0.423 e. The molecule has 6 heteroatoms. The maximum Gasteiger partial charge on any atom is 0.308 e. The second-order valence-corrected chi connectivity index (χ2v) is 4.84. The monoisotopic (exact) mass is 326 g/mol. The van der Waals surface area contributed by atoms with Crippen molar-refractivity contribution in [2.24, 2.45) is 0 Å². The van der Waals surface area contributed by atoms with Gasteiger partial charge in [0.2, 0.25) is 11.6 Å². The van der Waals surface area contributed by atoms with Crippen LogP contribution in [0, 0.1) is 0 Å². The highest BCUT2D eigenvalue weighted by Crippen LogP contribution is 2.32. The molecule has 0 aliphatic carbocycles. The molecule has 6 nitrogen and oxygen atoms in total. The fourth-order valence-corrected chi connectivity index (χ4v) is 2.02. The average Bonchev–Trinajstić information content (AvgIpc) is 2.55. The molecule has 0 amide bonds. The van der Waals surface area contributed by atoms with Crippen molar-refractivity contribution in [1.29, 1.82) is 0 Å². The molecule has 2 rings (SSSR count). The molecule has 0 radical (unpaired) electrons. The van der Waals surface area contributed by atoms with Gasteiger partial charge < -0.3 is 9.47 Å². The van der Waals surface area contributed by atoms with Crippen LogP contribution in [0.1, 0.15) is 34.6 Å². The van der Waals surface area contributed by atoms with Gasteiger partial charge in [-0.15, -0.1) is 0 Å². The molecule has 2 aromatic carbocycles. The first-order chi connectivity index (χ1) is 11.4. The molecule has 0 saturated heterocycles. The zero-order valence-electron chi connectivity index (χ0n) is 13.1. The van der Waals surface area contributed by atoms with Gasteiger partial charge in [0.1, 0.15) is 0 Å². The lowest BCUT2D eigenvalue weighted by Crippen LogP contribution is -2.17. The van der Waals surface area contributed by atoms with E-state index < -0.39 is 23.5 Å². The molecule has 0 N–H and O–H groups in total. The molecule has 24 heavy (non-hydrogen) atoms. The van der Waals surface area contributed by atoms with Crippen LogP contribution < -0.4 is 9.47 Å². The van der Waals surface area contributed by atoms with Crippen molar-refractivity contribution in [3.05, 3.63) is 59.7 Å². The molecule has 0 atom stereocenters. The largest absolute Gasteiger partial charge is 0.423 e. The molecule has 122 valence electrons. The third-order valence-corrected chi connectivity index (χ3v) is 2.97. The number of rotatable bonds is 5. The van der Waals surface area contributed by atoms with Gasteiger partial charge in [0, 0.05) is 19.4 Å². The summed E-state index contributed by atoms with van der Waals surface area (Å²) in [6, 6.07) is 12.1. The van der Waals surface area contributed by atoms with Crippen molar-refractivity contribution in [2.45, 2.75) is 13.8 Å². The molecule has 0 heterocycles. The van der Waals surface area contributed by atoms with E-state index in [1.165, 1.54) is 37.3 Å². The Morgan fingerprint density at radius 1 is 0.708 bits per heavy atom. The highest BCUT2D eigenvalue weighted by Gasteiger charge is 2.25. The number of carbonyl (C=O) groups is 4. The number of benzene rings is 2. The number of esters is 2. The fourth-order valence-electron chi connectivity index (χ4n) is 2.02. The Hall–Kier alpha value is -3.28. The summed E-state index contributed by atoms with van der Waals surface area (Å²) in [7, 11) is 0. The van der Waals surface area contributed by atoms with Crippen molar-refractivity contribution >= 4 is 23.5 Å². The summed E-state index contributed by atoms with van der Waals surface area (Å²) in [6.07, 6.45) is 0. The smallest absolute Gasteiger partial charge is 0.308 e. The van der Waals surface area contributed by atoms with E-state index in [9.17, 15) is 19.2 Å². The van der Waals surface area contributed by atoms with Crippen LogP contribution in [0.3, 0.4) is 0 Å². The lowest BCUT2D eigenvalue weighted by atomic mass is 10.0. The molecular formula is C18H14O6. The topological polar surface area (TPSA) is 86.7 Å². The summed E-state index contributed by atoms with van der Waals surface area (Å²) < 4.78 is 9.94. The number of ether oxygens (including phenoxy) is 2. The van der Waals surface area contributed by atoms with E-state index in [1.807, 2.05) is 0 Å². The summed E-state index contributed by atoms with van der Waals surface area (Å²) in [5.41, 5.74) is 0.0481. The Morgan fingerprint density at radius 2 is 1.33 bits per heavy atom. The quantitative estimate of drug-likeness (QED) is 0.363. The van der Waals surface area contributed by atoms with Crippen LogP contribution in [0.2, 0.25) is 0 Å². The van der Waals surface area contributed by atoms with Gasteiger partial charge in [-0.2, -0.15) is 0 Å². The Bertz CT molecular complexity index is 808. The summed E-state index contributed by atoms with van der Waals surface area (Å²) in [4.78, 5) is 47.3. The summed E-state index contributed by atoms with van der Waals surface area (Å²) >= 11 is 0. The summed E-state index contributed by atoms with van der Waals surface area (Å²) in [6.45, 7) is 2.30. The Morgan fingerprint density at radius 3 is 1.92 bits per heavy atom. The lowest BCUT2D eigenvalue weighted by molar-refractivity contribution is -0.134. The molecule has 0 bridgehead atoms. The number of carbonyl (C=O) groups excluding carboxylic acids is 4. The Balaban J connectivity index is 2.48. The fraction of sp³-hybridized carbons (Fsp3) is 0.111. The van der Waals surface area contributed by atoms with E-state index in [-0.39, 0.29) is 22.6 Å². The molecule has 2 aromatic rings. The predicted octanol–water partition coefficient (Wildman–Crippen LogP) is 2.60. The standard InChI is InChI=1S/C18H14O6/c1-11(19)23-15-10-6-9-14(18(15)24-12(2)20)17(22)16(21)13-7-4-3-5-8-13/h3-10H,1-2H3. The summed E-state index contributed by atoms with van der Waals surface area (Å²) in [5.74, 6) is -3.35. The molecule has 0 saturated carbocycles. The van der Waals surface area contributed by atoms with Crippen LogP contribution in [-0.2, 0) is 9.59 Å². The normalized spacial score (nSPS) is 9.92. The zero-order valence-corrected chi connectivity index (χ0v) is 13.1. The number of hydrogen-bond acceptors (Lipinski definition) is 6. The van der Waals surface area contributed by atoms with E-state index in [1.54, 1.807) is 18.2 Å². The van der Waals surface area contributed by atoms with Gasteiger partial charge >= 0.3 is 11.9 Å². The zero-order chi connectivity index (χ0) is 17.7. The van der Waals surface area contributed by atoms with Crippen LogP contribution in [0.25, 0.3) is 0 Å². The first-order valence-electron chi connectivity index (χ1n) is 7.04. The van der Waals surface area contributed by atoms with E-state index >= 15 is 0 Å². The van der Waals surface area contributed by atoms with Crippen LogP contribution in [-0.4, -0.2) is 23.5 Å². The first-order valence-corrected chi connectivity index (χ1v) is 7.04. The second-order valence-electron chi connectivity index (χ2n) is 4.84. The van der Waals surface area contributed by atoms with E-state index in [0.717, 1.165) is 6.92 Å². The SMILES string of the molecule is CC(=O)Oc1cccc(C(=O)C(=O)c2ccccc2)c1OC(C)=O. The molecule has 0 spiro atoms. The second kappa shape index (κ2) is 7.32. The molecule has 0 aliphatic heterocycles. The number of para-hydroxylation sites is 1. The Kier molecular flexibility index (Phi) is 5.21. The third-order valence-electron chi connectivity index (χ3n) is 2.97. The lowest BCUT2D eigenvalue weighted by Gasteiger charge is -2.12. The number of hydrogen-bond donors (Lipinski definition) is 0. The van der Waals surface area contributed by atoms with Crippen molar-refractivity contribution < 1.29 is 28.7 Å². The number of ketones is 2. The van der Waals surface area contributed by atoms with Gasteiger partial charge in [-0.25, -0.2) is 0 Å². The van der Waals surface area contributed by atoms with Gasteiger partial charge in [-0.3, -0.25) is 19.2 Å². The van der Waals surface area contributed by atoms with Gasteiger partial charge in [0.25, 0.3) is 0 Å². The maximum absolute atomic E-state index is 12.5. The number of Topliss-reactive ketones (excluding diaryl/α,β-unsaturated/α-hetero) is 2. The molecule has 0 aromatic heterocycles.